The van der Waals surface area contributed by atoms with Crippen LogP contribution in [0.4, 0.5) is 10.5 Å². The first-order chi connectivity index (χ1) is 14.0. The lowest BCUT2D eigenvalue weighted by molar-refractivity contribution is -0.116. The Bertz CT molecular complexity index is 815. The Morgan fingerprint density at radius 3 is 2.52 bits per heavy atom. The van der Waals surface area contributed by atoms with E-state index in [2.05, 4.69) is 29.0 Å². The van der Waals surface area contributed by atoms with Crippen molar-refractivity contribution in [3.8, 4) is 12.3 Å². The summed E-state index contributed by atoms with van der Waals surface area (Å²) in [7, 11) is 0. The number of amides is 2. The van der Waals surface area contributed by atoms with Crippen LogP contribution in [0.1, 0.15) is 38.2 Å². The third-order valence-corrected chi connectivity index (χ3v) is 6.88. The van der Waals surface area contributed by atoms with Gasteiger partial charge in [0.05, 0.1) is 0 Å². The van der Waals surface area contributed by atoms with Crippen molar-refractivity contribution in [2.45, 2.75) is 44.1 Å². The van der Waals surface area contributed by atoms with Crippen LogP contribution >= 0.6 is 0 Å². The second-order valence-electron chi connectivity index (χ2n) is 8.42. The van der Waals surface area contributed by atoms with Gasteiger partial charge in [-0.1, -0.05) is 24.1 Å². The van der Waals surface area contributed by atoms with Gasteiger partial charge >= 0.3 is 6.09 Å². The fourth-order valence-electron chi connectivity index (χ4n) is 5.26. The van der Waals surface area contributed by atoms with E-state index in [1.54, 1.807) is 11.8 Å². The zero-order valence-electron chi connectivity index (χ0n) is 17.1. The minimum Gasteiger partial charge on any atom is -0.436 e. The molecule has 0 aromatic heterocycles. The van der Waals surface area contributed by atoms with Crippen LogP contribution in [0, 0.1) is 12.3 Å². The van der Waals surface area contributed by atoms with Gasteiger partial charge in [0.25, 0.3) is 0 Å². The van der Waals surface area contributed by atoms with Gasteiger partial charge in [0.2, 0.25) is 5.91 Å². The number of hydrogen-bond acceptors (Lipinski definition) is 4. The molecule has 2 fully saturated rings. The van der Waals surface area contributed by atoms with E-state index in [4.69, 9.17) is 11.2 Å². The summed E-state index contributed by atoms with van der Waals surface area (Å²) >= 11 is 0. The highest BCUT2D eigenvalue weighted by Gasteiger charge is 2.46. The molecule has 1 spiro atoms. The molecule has 6 nitrogen and oxygen atoms in total. The van der Waals surface area contributed by atoms with Gasteiger partial charge in [0.1, 0.15) is 0 Å². The lowest BCUT2D eigenvalue weighted by Crippen LogP contribution is -2.52. The normalized spacial score (nSPS) is 21.7. The first-order valence-corrected chi connectivity index (χ1v) is 10.5. The molecule has 2 saturated heterocycles. The van der Waals surface area contributed by atoms with E-state index in [-0.39, 0.29) is 24.0 Å². The van der Waals surface area contributed by atoms with E-state index in [1.807, 2.05) is 11.0 Å². The highest BCUT2D eigenvalue weighted by Crippen LogP contribution is 2.47. The largest absolute Gasteiger partial charge is 0.436 e. The molecule has 0 saturated carbocycles. The van der Waals surface area contributed by atoms with Crippen LogP contribution in [0.5, 0.6) is 0 Å². The van der Waals surface area contributed by atoms with Crippen molar-refractivity contribution in [3.05, 3.63) is 29.8 Å². The van der Waals surface area contributed by atoms with Gasteiger partial charge in [-0.15, -0.1) is 6.42 Å². The first kappa shape index (κ1) is 19.8. The van der Waals surface area contributed by atoms with Crippen LogP contribution in [-0.2, 0) is 14.9 Å². The van der Waals surface area contributed by atoms with Gasteiger partial charge in [0.15, 0.2) is 6.61 Å². The molecule has 3 aliphatic rings. The standard InChI is InChI=1S/C23H29N3O3/c1-3-16-29-22(28)25-12-8-19(9-13-25)24-14-10-23(11-15-24)17-26(18(2)27)21-7-5-4-6-20(21)23/h1,4-7,19H,8-17H2,2H3. The van der Waals surface area contributed by atoms with Gasteiger partial charge in [0, 0.05) is 43.7 Å². The number of carbonyl (C=O) groups is 2. The zero-order chi connectivity index (χ0) is 20.4. The van der Waals surface area contributed by atoms with Gasteiger partial charge in [-0.25, -0.2) is 4.79 Å². The molecule has 3 heterocycles. The maximum absolute atomic E-state index is 12.2. The van der Waals surface area contributed by atoms with Crippen LogP contribution in [0.25, 0.3) is 0 Å². The summed E-state index contributed by atoms with van der Waals surface area (Å²) in [5.74, 6) is 2.46. The van der Waals surface area contributed by atoms with Gasteiger partial charge in [-0.2, -0.15) is 0 Å². The third kappa shape index (κ3) is 3.72. The molecule has 6 heteroatoms. The number of benzene rings is 1. The molecule has 3 aliphatic heterocycles. The highest BCUT2D eigenvalue weighted by atomic mass is 16.6. The van der Waals surface area contributed by atoms with E-state index in [0.29, 0.717) is 6.04 Å². The third-order valence-electron chi connectivity index (χ3n) is 6.88. The Kier molecular flexibility index (Phi) is 5.51. The van der Waals surface area contributed by atoms with E-state index >= 15 is 0 Å². The molecule has 0 radical (unpaired) electrons. The van der Waals surface area contributed by atoms with Crippen molar-refractivity contribution in [3.63, 3.8) is 0 Å². The van der Waals surface area contributed by atoms with E-state index in [0.717, 1.165) is 64.1 Å². The second-order valence-corrected chi connectivity index (χ2v) is 8.42. The summed E-state index contributed by atoms with van der Waals surface area (Å²) in [5.41, 5.74) is 2.51. The maximum atomic E-state index is 12.2. The molecule has 0 unspecified atom stereocenters. The molecule has 0 N–H and O–H groups in total. The minimum atomic E-state index is -0.300. The maximum Gasteiger partial charge on any atom is 0.410 e. The summed E-state index contributed by atoms with van der Waals surface area (Å²) in [6, 6.07) is 8.89. The summed E-state index contributed by atoms with van der Waals surface area (Å²) in [6.45, 7) is 6.00. The molecule has 1 aromatic carbocycles. The number of nitrogens with zero attached hydrogens (tertiary/aromatic N) is 3. The molecule has 0 atom stereocenters. The van der Waals surface area contributed by atoms with Crippen molar-refractivity contribution in [1.82, 2.24) is 9.80 Å². The fraction of sp³-hybridized carbons (Fsp3) is 0.565. The fourth-order valence-corrected chi connectivity index (χ4v) is 5.26. The molecule has 1 aromatic rings. The van der Waals surface area contributed by atoms with Crippen LogP contribution in [-0.4, -0.2) is 67.2 Å². The SMILES string of the molecule is C#CCOC(=O)N1CCC(N2CCC3(CC2)CN(C(C)=O)c2ccccc23)CC1. The number of likely N-dealkylation sites (tertiary alicyclic amines) is 2. The topological polar surface area (TPSA) is 53.1 Å². The first-order valence-electron chi connectivity index (χ1n) is 10.5. The predicted octanol–water partition coefficient (Wildman–Crippen LogP) is 2.62. The van der Waals surface area contributed by atoms with Crippen LogP contribution in [0.3, 0.4) is 0 Å². The summed E-state index contributed by atoms with van der Waals surface area (Å²) in [5, 5.41) is 0. The second kappa shape index (κ2) is 8.08. The average Bonchev–Trinajstić information content (AvgIpc) is 3.07. The Morgan fingerprint density at radius 1 is 1.17 bits per heavy atom. The van der Waals surface area contributed by atoms with Crippen LogP contribution in [0.2, 0.25) is 0 Å². The lowest BCUT2D eigenvalue weighted by atomic mass is 9.74. The molecule has 0 bridgehead atoms. The van der Waals surface area contributed by atoms with Crippen molar-refractivity contribution in [1.29, 1.82) is 0 Å². The highest BCUT2D eigenvalue weighted by molar-refractivity contribution is 5.94. The number of piperidine rings is 2. The van der Waals surface area contributed by atoms with E-state index < -0.39 is 0 Å². The monoisotopic (exact) mass is 395 g/mol. The Morgan fingerprint density at radius 2 is 1.86 bits per heavy atom. The summed E-state index contributed by atoms with van der Waals surface area (Å²) in [4.78, 5) is 30.4. The molecule has 154 valence electrons. The number of carbonyl (C=O) groups excluding carboxylic acids is 2. The average molecular weight is 396 g/mol. The van der Waals surface area contributed by atoms with E-state index in [9.17, 15) is 9.59 Å². The number of hydrogen-bond donors (Lipinski definition) is 0. The van der Waals surface area contributed by atoms with Crippen LogP contribution in [0.15, 0.2) is 24.3 Å². The smallest absolute Gasteiger partial charge is 0.410 e. The Labute approximate surface area is 172 Å². The minimum absolute atomic E-state index is 0.0335. The molecular weight excluding hydrogens is 366 g/mol. The van der Waals surface area contributed by atoms with E-state index in [1.165, 1.54) is 5.56 Å². The molecule has 0 aliphatic carbocycles. The quantitative estimate of drug-likeness (QED) is 0.723. The van der Waals surface area contributed by atoms with Crippen LogP contribution < -0.4 is 4.90 Å². The zero-order valence-corrected chi connectivity index (χ0v) is 17.1. The number of ether oxygens (including phenoxy) is 1. The molecule has 4 rings (SSSR count). The van der Waals surface area contributed by atoms with Crippen molar-refractivity contribution >= 4 is 17.7 Å². The molecule has 2 amide bonds. The summed E-state index contributed by atoms with van der Waals surface area (Å²) < 4.78 is 5.04. The van der Waals surface area contributed by atoms with Gasteiger partial charge in [-0.3, -0.25) is 4.79 Å². The van der Waals surface area contributed by atoms with Gasteiger partial charge < -0.3 is 19.4 Å². The number of anilines is 1. The number of rotatable bonds is 2. The predicted molar refractivity (Wildman–Crippen MR) is 112 cm³/mol. The summed E-state index contributed by atoms with van der Waals surface area (Å²) in [6.07, 6.45) is 8.92. The number of fused-ring (bicyclic) bond motifs is 2. The molecular formula is C23H29N3O3. The van der Waals surface area contributed by atoms with Crippen molar-refractivity contribution in [2.24, 2.45) is 0 Å². The Hall–Kier alpha value is -2.52. The van der Waals surface area contributed by atoms with Crippen molar-refractivity contribution in [2.75, 3.05) is 44.2 Å². The van der Waals surface area contributed by atoms with Crippen molar-refractivity contribution < 1.29 is 14.3 Å². The number of terminal acetylenes is 1. The lowest BCUT2D eigenvalue weighted by Gasteiger charge is -2.45. The number of para-hydroxylation sites is 1. The molecule has 29 heavy (non-hydrogen) atoms. The van der Waals surface area contributed by atoms with Gasteiger partial charge in [-0.05, 0) is 50.4 Å². The Balaban J connectivity index is 1.36.